The van der Waals surface area contributed by atoms with Crippen molar-refractivity contribution >= 4 is 0 Å². The second-order valence-electron chi connectivity index (χ2n) is 5.40. The van der Waals surface area contributed by atoms with Gasteiger partial charge in [0.15, 0.2) is 6.29 Å². The minimum absolute atomic E-state index is 0.111. The molecule has 0 aromatic rings. The van der Waals surface area contributed by atoms with Crippen LogP contribution in [0.2, 0.25) is 0 Å². The van der Waals surface area contributed by atoms with Crippen LogP contribution in [0.25, 0.3) is 0 Å². The smallest absolute Gasteiger partial charge is 0.157 e. The van der Waals surface area contributed by atoms with Gasteiger partial charge in [-0.1, -0.05) is 0 Å². The molecule has 1 atom stereocenters. The fourth-order valence-corrected chi connectivity index (χ4v) is 2.67. The highest BCUT2D eigenvalue weighted by Crippen LogP contribution is 2.36. The van der Waals surface area contributed by atoms with Gasteiger partial charge in [0, 0.05) is 0 Å². The fourth-order valence-electron chi connectivity index (χ4n) is 2.67. The lowest BCUT2D eigenvalue weighted by molar-refractivity contribution is -0.304. The highest BCUT2D eigenvalue weighted by atomic mass is 16.7. The largest absolute Gasteiger partial charge is 0.355 e. The van der Waals surface area contributed by atoms with Gasteiger partial charge in [-0.2, -0.15) is 0 Å². The normalized spacial score (nSPS) is 35.7. The summed E-state index contributed by atoms with van der Waals surface area (Å²) in [6, 6.07) is 0. The van der Waals surface area contributed by atoms with E-state index in [1.54, 1.807) is 0 Å². The van der Waals surface area contributed by atoms with Gasteiger partial charge in [-0.05, 0) is 38.8 Å². The molecule has 1 unspecified atom stereocenters. The Hall–Kier alpha value is -0.240. The van der Waals surface area contributed by atoms with Crippen molar-refractivity contribution in [1.82, 2.24) is 0 Å². The zero-order valence-corrected chi connectivity index (χ0v) is 11.5. The quantitative estimate of drug-likeness (QED) is 0.719. The third kappa shape index (κ3) is 3.87. The summed E-state index contributed by atoms with van der Waals surface area (Å²) in [6.07, 6.45) is 3.62. The van der Waals surface area contributed by atoms with Crippen LogP contribution in [0.4, 0.5) is 0 Å². The Morgan fingerprint density at radius 1 is 0.895 bits per heavy atom. The van der Waals surface area contributed by atoms with E-state index >= 15 is 0 Å². The molecule has 0 aromatic carbocycles. The van der Waals surface area contributed by atoms with Gasteiger partial charge in [-0.3, -0.25) is 0 Å². The first-order chi connectivity index (χ1) is 9.30. The molecule has 0 saturated carbocycles. The van der Waals surface area contributed by atoms with Crippen LogP contribution in [0.1, 0.15) is 25.7 Å². The van der Waals surface area contributed by atoms with Crippen molar-refractivity contribution in [3.8, 4) is 0 Å². The molecule has 2 fully saturated rings. The number of nitrogens with two attached hydrogens (primary N) is 2. The summed E-state index contributed by atoms with van der Waals surface area (Å²) in [6.45, 7) is 3.58. The molecule has 2 saturated heterocycles. The molecular formula is C13H26N2O4. The highest BCUT2D eigenvalue weighted by molar-refractivity contribution is 4.91. The van der Waals surface area contributed by atoms with E-state index in [4.69, 9.17) is 30.4 Å². The summed E-state index contributed by atoms with van der Waals surface area (Å²) in [7, 11) is 0. The van der Waals surface area contributed by atoms with E-state index in [0.717, 1.165) is 25.7 Å². The van der Waals surface area contributed by atoms with Crippen LogP contribution < -0.4 is 11.5 Å². The zero-order valence-electron chi connectivity index (χ0n) is 11.5. The van der Waals surface area contributed by atoms with Crippen LogP contribution in [0.3, 0.4) is 0 Å². The van der Waals surface area contributed by atoms with Crippen molar-refractivity contribution in [2.75, 3.05) is 39.7 Å². The van der Waals surface area contributed by atoms with Crippen LogP contribution >= 0.6 is 0 Å². The van der Waals surface area contributed by atoms with Crippen molar-refractivity contribution in [3.63, 3.8) is 0 Å². The Morgan fingerprint density at radius 3 is 2.26 bits per heavy atom. The van der Waals surface area contributed by atoms with Crippen LogP contribution in [0, 0.1) is 5.41 Å². The molecule has 0 aromatic heterocycles. The van der Waals surface area contributed by atoms with Crippen molar-refractivity contribution in [1.29, 1.82) is 0 Å². The van der Waals surface area contributed by atoms with Crippen molar-refractivity contribution in [2.24, 2.45) is 16.9 Å². The summed E-state index contributed by atoms with van der Waals surface area (Å²) in [5, 5.41) is 0. The first kappa shape index (κ1) is 15.2. The lowest BCUT2D eigenvalue weighted by atomic mass is 9.81. The molecule has 0 amide bonds. The topological polar surface area (TPSA) is 89.0 Å². The minimum Gasteiger partial charge on any atom is -0.355 e. The van der Waals surface area contributed by atoms with Gasteiger partial charge >= 0.3 is 0 Å². The van der Waals surface area contributed by atoms with E-state index in [2.05, 4.69) is 0 Å². The van der Waals surface area contributed by atoms with Gasteiger partial charge in [0.25, 0.3) is 0 Å². The summed E-state index contributed by atoms with van der Waals surface area (Å²) >= 11 is 0. The SMILES string of the molecule is NCCCC1OCC2(COCOC2CCCN)CO1. The van der Waals surface area contributed by atoms with E-state index in [0.29, 0.717) is 39.7 Å². The average Bonchev–Trinajstić information content (AvgIpc) is 2.46. The van der Waals surface area contributed by atoms with Crippen LogP contribution in [-0.2, 0) is 18.9 Å². The van der Waals surface area contributed by atoms with Crippen LogP contribution in [-0.4, -0.2) is 52.1 Å². The Balaban J connectivity index is 1.86. The van der Waals surface area contributed by atoms with Gasteiger partial charge in [-0.15, -0.1) is 0 Å². The molecule has 2 rings (SSSR count). The highest BCUT2D eigenvalue weighted by Gasteiger charge is 2.46. The Kier molecular flexibility index (Phi) is 6.00. The molecule has 0 bridgehead atoms. The molecule has 112 valence electrons. The van der Waals surface area contributed by atoms with Gasteiger partial charge in [0.05, 0.1) is 31.3 Å². The average molecular weight is 274 g/mol. The fraction of sp³-hybridized carbons (Fsp3) is 1.00. The minimum atomic E-state index is -0.174. The van der Waals surface area contributed by atoms with Gasteiger partial charge in [-0.25, -0.2) is 0 Å². The summed E-state index contributed by atoms with van der Waals surface area (Å²) in [5.74, 6) is 0. The zero-order chi connectivity index (χ0) is 13.6. The molecule has 0 aliphatic carbocycles. The molecule has 0 radical (unpaired) electrons. The number of hydrogen-bond acceptors (Lipinski definition) is 6. The van der Waals surface area contributed by atoms with E-state index in [-0.39, 0.29) is 17.8 Å². The first-order valence-corrected chi connectivity index (χ1v) is 7.13. The maximum absolute atomic E-state index is 5.81. The van der Waals surface area contributed by atoms with Crippen molar-refractivity contribution in [2.45, 2.75) is 38.1 Å². The molecule has 4 N–H and O–H groups in total. The monoisotopic (exact) mass is 274 g/mol. The molecule has 2 heterocycles. The number of ether oxygens (including phenoxy) is 4. The summed E-state index contributed by atoms with van der Waals surface area (Å²) in [4.78, 5) is 0. The number of hydrogen-bond donors (Lipinski definition) is 2. The Labute approximate surface area is 114 Å². The molecule has 2 aliphatic heterocycles. The lowest BCUT2D eigenvalue weighted by Crippen LogP contribution is -2.55. The standard InChI is InChI=1S/C13H26N2O4/c14-5-1-3-11-13(7-16-10-19-11)8-17-12(18-9-13)4-2-6-15/h11-12H,1-10,14-15H2. The van der Waals surface area contributed by atoms with Crippen molar-refractivity contribution < 1.29 is 18.9 Å². The maximum atomic E-state index is 5.81. The van der Waals surface area contributed by atoms with Gasteiger partial charge in [0.2, 0.25) is 0 Å². The van der Waals surface area contributed by atoms with Crippen LogP contribution in [0.15, 0.2) is 0 Å². The summed E-state index contributed by atoms with van der Waals surface area (Å²) in [5.41, 5.74) is 10.9. The molecule has 2 aliphatic rings. The summed E-state index contributed by atoms with van der Waals surface area (Å²) < 4.78 is 22.8. The molecule has 6 heteroatoms. The second kappa shape index (κ2) is 7.52. The predicted molar refractivity (Wildman–Crippen MR) is 70.4 cm³/mol. The van der Waals surface area contributed by atoms with Gasteiger partial charge < -0.3 is 30.4 Å². The second-order valence-corrected chi connectivity index (χ2v) is 5.40. The van der Waals surface area contributed by atoms with Gasteiger partial charge in [0.1, 0.15) is 6.79 Å². The van der Waals surface area contributed by atoms with E-state index < -0.39 is 0 Å². The van der Waals surface area contributed by atoms with E-state index in [9.17, 15) is 0 Å². The van der Waals surface area contributed by atoms with E-state index in [1.807, 2.05) is 0 Å². The Bertz CT molecular complexity index is 257. The van der Waals surface area contributed by atoms with Crippen LogP contribution in [0.5, 0.6) is 0 Å². The molecule has 1 spiro atoms. The van der Waals surface area contributed by atoms with Crippen molar-refractivity contribution in [3.05, 3.63) is 0 Å². The first-order valence-electron chi connectivity index (χ1n) is 7.13. The maximum Gasteiger partial charge on any atom is 0.157 e. The number of rotatable bonds is 6. The molecule has 19 heavy (non-hydrogen) atoms. The lowest BCUT2D eigenvalue weighted by Gasteiger charge is -2.46. The van der Waals surface area contributed by atoms with E-state index in [1.165, 1.54) is 0 Å². The predicted octanol–water partition coefficient (Wildman–Crippen LogP) is 0.196. The Morgan fingerprint density at radius 2 is 1.58 bits per heavy atom. The third-order valence-electron chi connectivity index (χ3n) is 3.85. The molecule has 6 nitrogen and oxygen atoms in total. The third-order valence-corrected chi connectivity index (χ3v) is 3.85. The molecular weight excluding hydrogens is 248 g/mol.